The number of nitrogens with two attached hydrogens (primary N) is 1. The van der Waals surface area contributed by atoms with E-state index in [0.717, 1.165) is 28.3 Å². The van der Waals surface area contributed by atoms with Crippen molar-refractivity contribution in [3.8, 4) is 22.6 Å². The molecule has 0 aliphatic rings. The van der Waals surface area contributed by atoms with Gasteiger partial charge in [0.1, 0.15) is 17.3 Å². The topological polar surface area (TPSA) is 82.3 Å². The van der Waals surface area contributed by atoms with Crippen LogP contribution in [-0.4, -0.2) is 24.2 Å². The number of benzene rings is 2. The van der Waals surface area contributed by atoms with Crippen LogP contribution >= 0.6 is 0 Å². The Morgan fingerprint density at radius 1 is 0.958 bits per heavy atom. The summed E-state index contributed by atoms with van der Waals surface area (Å²) in [6.45, 7) is 0. The molecule has 122 valence electrons. The molecule has 1 aromatic heterocycles. The van der Waals surface area contributed by atoms with Crippen molar-refractivity contribution in [2.45, 2.75) is 0 Å². The van der Waals surface area contributed by atoms with Gasteiger partial charge in [-0.05, 0) is 18.2 Å². The first-order valence-electron chi connectivity index (χ1n) is 7.38. The second-order valence-corrected chi connectivity index (χ2v) is 5.05. The van der Waals surface area contributed by atoms with Gasteiger partial charge in [-0.15, -0.1) is 0 Å². The first-order valence-corrected chi connectivity index (χ1v) is 7.38. The lowest BCUT2D eigenvalue weighted by molar-refractivity contribution is 0.415. The number of para-hydroxylation sites is 1. The summed E-state index contributed by atoms with van der Waals surface area (Å²) in [6, 6.07) is 15.1. The number of nitrogen functional groups attached to an aromatic ring is 1. The molecule has 3 aromatic rings. The first-order chi connectivity index (χ1) is 11.7. The Balaban J connectivity index is 1.89. The minimum atomic E-state index is 0.375. The summed E-state index contributed by atoms with van der Waals surface area (Å²) < 4.78 is 10.6. The first kappa shape index (κ1) is 15.6. The van der Waals surface area contributed by atoms with Crippen LogP contribution in [0.4, 0.5) is 17.5 Å². The Hall–Kier alpha value is -3.28. The number of methoxy groups -OCH3 is 2. The van der Waals surface area contributed by atoms with Gasteiger partial charge < -0.3 is 20.5 Å². The van der Waals surface area contributed by atoms with Crippen LogP contribution in [0.3, 0.4) is 0 Å². The lowest BCUT2D eigenvalue weighted by atomic mass is 10.1. The molecule has 2 aromatic carbocycles. The summed E-state index contributed by atoms with van der Waals surface area (Å²) in [7, 11) is 3.24. The highest BCUT2D eigenvalue weighted by atomic mass is 16.5. The summed E-state index contributed by atoms with van der Waals surface area (Å²) >= 11 is 0. The van der Waals surface area contributed by atoms with Crippen LogP contribution in [0.25, 0.3) is 11.1 Å². The highest BCUT2D eigenvalue weighted by Crippen LogP contribution is 2.32. The van der Waals surface area contributed by atoms with Gasteiger partial charge >= 0.3 is 0 Å². The van der Waals surface area contributed by atoms with Gasteiger partial charge in [0.2, 0.25) is 5.95 Å². The smallest absolute Gasteiger partial charge is 0.229 e. The van der Waals surface area contributed by atoms with Gasteiger partial charge in [0.15, 0.2) is 0 Å². The molecular weight excluding hydrogens is 304 g/mol. The molecule has 0 saturated carbocycles. The van der Waals surface area contributed by atoms with Gasteiger partial charge in [-0.25, -0.2) is 4.98 Å². The van der Waals surface area contributed by atoms with Crippen LogP contribution in [0, 0.1) is 0 Å². The van der Waals surface area contributed by atoms with Crippen molar-refractivity contribution in [3.63, 3.8) is 0 Å². The fraction of sp³-hybridized carbons (Fsp3) is 0.111. The maximum absolute atomic E-state index is 6.12. The zero-order valence-corrected chi connectivity index (χ0v) is 13.5. The van der Waals surface area contributed by atoms with Crippen molar-refractivity contribution >= 4 is 17.5 Å². The number of rotatable bonds is 5. The Labute approximate surface area is 140 Å². The molecule has 0 radical (unpaired) electrons. The molecule has 24 heavy (non-hydrogen) atoms. The highest BCUT2D eigenvalue weighted by molar-refractivity contribution is 5.78. The van der Waals surface area contributed by atoms with Gasteiger partial charge in [0.25, 0.3) is 0 Å². The number of hydrogen-bond acceptors (Lipinski definition) is 6. The highest BCUT2D eigenvalue weighted by Gasteiger charge is 2.11. The van der Waals surface area contributed by atoms with Crippen LogP contribution in [0.2, 0.25) is 0 Å². The second-order valence-electron chi connectivity index (χ2n) is 5.05. The van der Waals surface area contributed by atoms with Crippen LogP contribution in [-0.2, 0) is 0 Å². The van der Waals surface area contributed by atoms with E-state index in [0.29, 0.717) is 11.8 Å². The molecule has 0 saturated heterocycles. The molecule has 0 amide bonds. The van der Waals surface area contributed by atoms with Crippen LogP contribution in [0.5, 0.6) is 11.5 Å². The monoisotopic (exact) mass is 322 g/mol. The van der Waals surface area contributed by atoms with E-state index < -0.39 is 0 Å². The van der Waals surface area contributed by atoms with Crippen LogP contribution < -0.4 is 20.5 Å². The largest absolute Gasteiger partial charge is 0.497 e. The van der Waals surface area contributed by atoms with Gasteiger partial charge in [-0.3, -0.25) is 0 Å². The summed E-state index contributed by atoms with van der Waals surface area (Å²) in [5, 5.41) is 3.11. The predicted octanol–water partition coefficient (Wildman–Crippen LogP) is 3.49. The molecule has 0 fully saturated rings. The fourth-order valence-electron chi connectivity index (χ4n) is 2.36. The fourth-order valence-corrected chi connectivity index (χ4v) is 2.36. The third-order valence-electron chi connectivity index (χ3n) is 3.54. The average Bonchev–Trinajstić information content (AvgIpc) is 2.62. The molecule has 0 aliphatic heterocycles. The lowest BCUT2D eigenvalue weighted by Gasteiger charge is -2.11. The normalized spacial score (nSPS) is 10.2. The summed E-state index contributed by atoms with van der Waals surface area (Å²) in [4.78, 5) is 8.68. The van der Waals surface area contributed by atoms with E-state index in [4.69, 9.17) is 15.2 Å². The predicted molar refractivity (Wildman–Crippen MR) is 94.7 cm³/mol. The van der Waals surface area contributed by atoms with Crippen molar-refractivity contribution in [2.75, 3.05) is 25.3 Å². The minimum Gasteiger partial charge on any atom is -0.497 e. The molecule has 3 N–H and O–H groups in total. The van der Waals surface area contributed by atoms with Gasteiger partial charge in [-0.2, -0.15) is 4.98 Å². The lowest BCUT2D eigenvalue weighted by Crippen LogP contribution is -2.02. The molecule has 0 unspecified atom stereocenters. The van der Waals surface area contributed by atoms with E-state index >= 15 is 0 Å². The number of anilines is 3. The molecule has 6 nitrogen and oxygen atoms in total. The molecule has 0 bridgehead atoms. The van der Waals surface area contributed by atoms with E-state index in [-0.39, 0.29) is 0 Å². The third-order valence-corrected chi connectivity index (χ3v) is 3.54. The number of hydrogen-bond donors (Lipinski definition) is 2. The molecular formula is C18H18N4O2. The van der Waals surface area contributed by atoms with Crippen molar-refractivity contribution < 1.29 is 9.47 Å². The zero-order chi connectivity index (χ0) is 16.9. The maximum atomic E-state index is 6.12. The Bertz CT molecular complexity index is 852. The zero-order valence-electron chi connectivity index (χ0n) is 13.5. The molecule has 0 spiro atoms. The van der Waals surface area contributed by atoms with Crippen LogP contribution in [0.15, 0.2) is 54.7 Å². The Kier molecular flexibility index (Phi) is 4.47. The molecule has 0 atom stereocenters. The van der Waals surface area contributed by atoms with E-state index in [9.17, 15) is 0 Å². The third kappa shape index (κ3) is 3.22. The van der Waals surface area contributed by atoms with E-state index in [1.54, 1.807) is 20.4 Å². The Morgan fingerprint density at radius 2 is 1.79 bits per heavy atom. The summed E-state index contributed by atoms with van der Waals surface area (Å²) in [6.07, 6.45) is 1.68. The molecule has 1 heterocycles. The van der Waals surface area contributed by atoms with Crippen molar-refractivity contribution in [2.24, 2.45) is 0 Å². The second kappa shape index (κ2) is 6.87. The number of aromatic nitrogens is 2. The van der Waals surface area contributed by atoms with E-state index in [1.807, 2.05) is 48.5 Å². The van der Waals surface area contributed by atoms with Crippen molar-refractivity contribution in [3.05, 3.63) is 54.7 Å². The van der Waals surface area contributed by atoms with E-state index in [2.05, 4.69) is 15.3 Å². The number of nitrogens with one attached hydrogen (secondary N) is 1. The van der Waals surface area contributed by atoms with Gasteiger partial charge in [0, 0.05) is 29.1 Å². The summed E-state index contributed by atoms with van der Waals surface area (Å²) in [5.74, 6) is 2.26. The van der Waals surface area contributed by atoms with Crippen LogP contribution in [0.1, 0.15) is 0 Å². The average molecular weight is 322 g/mol. The molecule has 0 aliphatic carbocycles. The van der Waals surface area contributed by atoms with Gasteiger partial charge in [-0.1, -0.05) is 24.3 Å². The SMILES string of the molecule is COc1cccc(Nc2ncc(-c3ccccc3OC)c(N)n2)c1. The Morgan fingerprint density at radius 3 is 2.54 bits per heavy atom. The number of ether oxygens (including phenoxy) is 2. The quantitative estimate of drug-likeness (QED) is 0.748. The molecule has 6 heteroatoms. The summed E-state index contributed by atoms with van der Waals surface area (Å²) in [5.41, 5.74) is 8.51. The molecule has 3 rings (SSSR count). The van der Waals surface area contributed by atoms with E-state index in [1.165, 1.54) is 0 Å². The minimum absolute atomic E-state index is 0.375. The standard InChI is InChI=1S/C18H18N4O2/c1-23-13-7-5-6-12(10-13)21-18-20-11-15(17(19)22-18)14-8-3-4-9-16(14)24-2/h3-11H,1-2H3,(H3,19,20,21,22). The number of nitrogens with zero attached hydrogens (tertiary/aromatic N) is 2. The van der Waals surface area contributed by atoms with Crippen molar-refractivity contribution in [1.29, 1.82) is 0 Å². The maximum Gasteiger partial charge on any atom is 0.229 e. The van der Waals surface area contributed by atoms with Gasteiger partial charge in [0.05, 0.1) is 14.2 Å². The van der Waals surface area contributed by atoms with Crippen molar-refractivity contribution in [1.82, 2.24) is 9.97 Å².